The molecule has 0 fully saturated rings. The molecular weight excluding hydrogens is 410 g/mol. The largest absolute Gasteiger partial charge is 0.490 e. The van der Waals surface area contributed by atoms with Crippen molar-refractivity contribution >= 4 is 28.6 Å². The van der Waals surface area contributed by atoms with Crippen molar-refractivity contribution in [3.05, 3.63) is 53.3 Å². The number of ether oxygens (including phenoxy) is 1. The molecule has 0 aromatic heterocycles. The van der Waals surface area contributed by atoms with Crippen LogP contribution in [0.1, 0.15) is 29.3 Å². The number of hydrogen-bond acceptors (Lipinski definition) is 2. The molecule has 0 radical (unpaired) electrons. The van der Waals surface area contributed by atoms with Crippen LogP contribution in [0.15, 0.2) is 36.4 Å². The van der Waals surface area contributed by atoms with Crippen molar-refractivity contribution in [2.45, 2.75) is 19.8 Å². The summed E-state index contributed by atoms with van der Waals surface area (Å²) >= 11 is 2.17. The molecule has 0 aliphatic rings. The van der Waals surface area contributed by atoms with E-state index in [1.165, 1.54) is 6.07 Å². The molecule has 5 heteroatoms. The van der Waals surface area contributed by atoms with E-state index in [2.05, 4.69) is 22.6 Å². The lowest BCUT2D eigenvalue weighted by molar-refractivity contribution is 0.0695. The summed E-state index contributed by atoms with van der Waals surface area (Å²) in [6.07, 6.45) is 1.52. The Balaban J connectivity index is 2.36. The number of halogens is 2. The normalized spacial score (nSPS) is 10.6. The summed E-state index contributed by atoms with van der Waals surface area (Å²) in [5, 5.41) is 9.24. The predicted octanol–water partition coefficient (Wildman–Crippen LogP) is 4.96. The molecule has 0 unspecified atom stereocenters. The molecule has 0 saturated carbocycles. The molecule has 2 rings (SSSR count). The van der Waals surface area contributed by atoms with Crippen LogP contribution in [0.25, 0.3) is 11.1 Å². The molecule has 122 valence electrons. The van der Waals surface area contributed by atoms with Gasteiger partial charge in [0, 0.05) is 4.43 Å². The monoisotopic (exact) mass is 428 g/mol. The molecule has 2 aromatic rings. The standard InChI is InChI=1S/C18H18FIO3/c1-2-3-14-10-12(4-6-15(14)18(21)22)13-5-7-17(16(19)11-13)23-9-8-20/h4-7,10-11H,2-3,8-9H2,1H3,(H,21,22). The van der Waals surface area contributed by atoms with Gasteiger partial charge in [-0.05, 0) is 41.3 Å². The Bertz CT molecular complexity index is 701. The molecule has 0 amide bonds. The number of rotatable bonds is 7. The van der Waals surface area contributed by atoms with Crippen LogP contribution in [0.2, 0.25) is 0 Å². The summed E-state index contributed by atoms with van der Waals surface area (Å²) in [5.74, 6) is -1.11. The van der Waals surface area contributed by atoms with Crippen molar-refractivity contribution in [2.75, 3.05) is 11.0 Å². The van der Waals surface area contributed by atoms with Crippen molar-refractivity contribution in [1.29, 1.82) is 0 Å². The maximum Gasteiger partial charge on any atom is 0.335 e. The summed E-state index contributed by atoms with van der Waals surface area (Å²) in [5.41, 5.74) is 2.58. The molecule has 0 bridgehead atoms. The summed E-state index contributed by atoms with van der Waals surface area (Å²) in [4.78, 5) is 11.3. The van der Waals surface area contributed by atoms with Crippen LogP contribution in [0.5, 0.6) is 5.75 Å². The zero-order valence-corrected chi connectivity index (χ0v) is 15.0. The fourth-order valence-corrected chi connectivity index (χ4v) is 2.62. The Labute approximate surface area is 148 Å². The van der Waals surface area contributed by atoms with Gasteiger partial charge in [-0.25, -0.2) is 9.18 Å². The lowest BCUT2D eigenvalue weighted by atomic mass is 9.96. The van der Waals surface area contributed by atoms with Crippen LogP contribution >= 0.6 is 22.6 Å². The van der Waals surface area contributed by atoms with E-state index >= 15 is 0 Å². The third-order valence-corrected chi connectivity index (χ3v) is 3.90. The zero-order chi connectivity index (χ0) is 16.8. The van der Waals surface area contributed by atoms with Crippen molar-refractivity contribution in [3.8, 4) is 16.9 Å². The van der Waals surface area contributed by atoms with Gasteiger partial charge in [0.05, 0.1) is 12.2 Å². The van der Waals surface area contributed by atoms with Gasteiger partial charge in [0.2, 0.25) is 0 Å². The first-order chi connectivity index (χ1) is 11.1. The Hall–Kier alpha value is -1.63. The number of alkyl halides is 1. The van der Waals surface area contributed by atoms with Gasteiger partial charge in [-0.15, -0.1) is 0 Å². The molecule has 0 saturated heterocycles. The first-order valence-electron chi connectivity index (χ1n) is 7.41. The highest BCUT2D eigenvalue weighted by Crippen LogP contribution is 2.28. The quantitative estimate of drug-likeness (QED) is 0.501. The van der Waals surface area contributed by atoms with Gasteiger partial charge < -0.3 is 9.84 Å². The molecule has 3 nitrogen and oxygen atoms in total. The molecule has 0 spiro atoms. The Kier molecular flexibility index (Phi) is 6.38. The minimum atomic E-state index is -0.936. The van der Waals surface area contributed by atoms with E-state index in [0.717, 1.165) is 22.0 Å². The number of hydrogen-bond donors (Lipinski definition) is 1. The van der Waals surface area contributed by atoms with E-state index in [4.69, 9.17) is 4.74 Å². The van der Waals surface area contributed by atoms with Crippen molar-refractivity contribution in [3.63, 3.8) is 0 Å². The van der Waals surface area contributed by atoms with Crippen LogP contribution in [0.3, 0.4) is 0 Å². The van der Waals surface area contributed by atoms with E-state index in [1.54, 1.807) is 24.3 Å². The molecular formula is C18H18FIO3. The fourth-order valence-electron chi connectivity index (χ4n) is 2.40. The fraction of sp³-hybridized carbons (Fsp3) is 0.278. The highest BCUT2D eigenvalue weighted by molar-refractivity contribution is 14.1. The van der Waals surface area contributed by atoms with Crippen LogP contribution in [0, 0.1) is 5.82 Å². The Morgan fingerprint density at radius 3 is 2.52 bits per heavy atom. The van der Waals surface area contributed by atoms with Gasteiger partial charge in [0.15, 0.2) is 11.6 Å². The lowest BCUT2D eigenvalue weighted by Crippen LogP contribution is -2.03. The molecule has 2 aromatic carbocycles. The van der Waals surface area contributed by atoms with Gasteiger partial charge in [0.1, 0.15) is 0 Å². The number of aryl methyl sites for hydroxylation is 1. The van der Waals surface area contributed by atoms with Crippen molar-refractivity contribution < 1.29 is 19.0 Å². The van der Waals surface area contributed by atoms with Crippen LogP contribution in [0.4, 0.5) is 4.39 Å². The first kappa shape index (κ1) is 17.7. The van der Waals surface area contributed by atoms with Crippen LogP contribution in [-0.4, -0.2) is 22.1 Å². The van der Waals surface area contributed by atoms with Gasteiger partial charge >= 0.3 is 5.97 Å². The zero-order valence-electron chi connectivity index (χ0n) is 12.8. The Morgan fingerprint density at radius 1 is 1.22 bits per heavy atom. The minimum Gasteiger partial charge on any atom is -0.490 e. The number of carboxylic acids is 1. The number of carboxylic acid groups (broad SMARTS) is 1. The number of benzene rings is 2. The average Bonchev–Trinajstić information content (AvgIpc) is 2.53. The molecule has 1 N–H and O–H groups in total. The van der Waals surface area contributed by atoms with Crippen LogP contribution < -0.4 is 4.74 Å². The number of carbonyl (C=O) groups is 1. The van der Waals surface area contributed by atoms with Gasteiger partial charge in [0.25, 0.3) is 0 Å². The molecule has 0 atom stereocenters. The van der Waals surface area contributed by atoms with E-state index < -0.39 is 11.8 Å². The SMILES string of the molecule is CCCc1cc(-c2ccc(OCCI)c(F)c2)ccc1C(=O)O. The maximum absolute atomic E-state index is 14.1. The second-order valence-electron chi connectivity index (χ2n) is 5.11. The maximum atomic E-state index is 14.1. The molecule has 0 aliphatic heterocycles. The minimum absolute atomic E-state index is 0.237. The molecule has 23 heavy (non-hydrogen) atoms. The topological polar surface area (TPSA) is 46.5 Å². The predicted molar refractivity (Wildman–Crippen MR) is 97.2 cm³/mol. The van der Waals surface area contributed by atoms with Crippen LogP contribution in [-0.2, 0) is 6.42 Å². The molecule has 0 aliphatic carbocycles. The smallest absolute Gasteiger partial charge is 0.335 e. The summed E-state index contributed by atoms with van der Waals surface area (Å²) in [7, 11) is 0. The van der Waals surface area contributed by atoms with E-state index in [0.29, 0.717) is 24.2 Å². The Morgan fingerprint density at radius 2 is 1.91 bits per heavy atom. The second kappa shape index (κ2) is 8.29. The summed E-state index contributed by atoms with van der Waals surface area (Å²) < 4.78 is 20.2. The highest BCUT2D eigenvalue weighted by atomic mass is 127. The second-order valence-corrected chi connectivity index (χ2v) is 6.19. The van der Waals surface area contributed by atoms with Crippen molar-refractivity contribution in [2.24, 2.45) is 0 Å². The molecule has 0 heterocycles. The van der Waals surface area contributed by atoms with Gasteiger partial charge in [-0.1, -0.05) is 54.1 Å². The lowest BCUT2D eigenvalue weighted by Gasteiger charge is -2.10. The van der Waals surface area contributed by atoms with Crippen molar-refractivity contribution in [1.82, 2.24) is 0 Å². The highest BCUT2D eigenvalue weighted by Gasteiger charge is 2.12. The van der Waals surface area contributed by atoms with E-state index in [9.17, 15) is 14.3 Å². The third kappa shape index (κ3) is 4.43. The summed E-state index contributed by atoms with van der Waals surface area (Å²) in [6, 6.07) is 9.95. The van der Waals surface area contributed by atoms with E-state index in [1.807, 2.05) is 13.0 Å². The van der Waals surface area contributed by atoms with E-state index in [-0.39, 0.29) is 5.75 Å². The van der Waals surface area contributed by atoms with Gasteiger partial charge in [-0.2, -0.15) is 0 Å². The summed E-state index contributed by atoms with van der Waals surface area (Å²) in [6.45, 7) is 2.46. The number of aromatic carboxylic acids is 1. The third-order valence-electron chi connectivity index (χ3n) is 3.45. The average molecular weight is 428 g/mol. The first-order valence-corrected chi connectivity index (χ1v) is 8.94. The van der Waals surface area contributed by atoms with Gasteiger partial charge in [-0.3, -0.25) is 0 Å².